The SMILES string of the molecule is CCC(CC)NC(=O)N1CCn2cccc2[C@@H]1c1cc(OC)c(OC)c(OC)c1. The Morgan fingerprint density at radius 3 is 2.31 bits per heavy atom. The van der Waals surface area contributed by atoms with Crippen LogP contribution in [0.1, 0.15) is 44.0 Å². The smallest absolute Gasteiger partial charge is 0.318 e. The van der Waals surface area contributed by atoms with Crippen LogP contribution in [-0.2, 0) is 6.54 Å². The molecule has 0 saturated heterocycles. The number of amides is 2. The largest absolute Gasteiger partial charge is 0.493 e. The van der Waals surface area contributed by atoms with E-state index in [1.165, 1.54) is 0 Å². The van der Waals surface area contributed by atoms with Gasteiger partial charge in [0.15, 0.2) is 11.5 Å². The molecule has 1 aromatic heterocycles. The molecule has 1 aliphatic rings. The molecular formula is C22H31N3O4. The summed E-state index contributed by atoms with van der Waals surface area (Å²) in [5.41, 5.74) is 1.98. The Morgan fingerprint density at radius 1 is 1.10 bits per heavy atom. The molecule has 0 spiro atoms. The number of nitrogens with zero attached hydrogens (tertiary/aromatic N) is 2. The molecule has 3 rings (SSSR count). The second kappa shape index (κ2) is 9.11. The van der Waals surface area contributed by atoms with E-state index >= 15 is 0 Å². The quantitative estimate of drug-likeness (QED) is 0.766. The second-order valence-corrected chi connectivity index (χ2v) is 7.14. The highest BCUT2D eigenvalue weighted by molar-refractivity contribution is 5.76. The highest BCUT2D eigenvalue weighted by Crippen LogP contribution is 2.43. The molecule has 1 N–H and O–H groups in total. The zero-order valence-electron chi connectivity index (χ0n) is 17.9. The van der Waals surface area contributed by atoms with Crippen molar-refractivity contribution in [3.05, 3.63) is 41.7 Å². The summed E-state index contributed by atoms with van der Waals surface area (Å²) in [6.45, 7) is 5.56. The van der Waals surface area contributed by atoms with E-state index in [4.69, 9.17) is 14.2 Å². The maximum atomic E-state index is 13.2. The van der Waals surface area contributed by atoms with Gasteiger partial charge in [0.25, 0.3) is 0 Å². The van der Waals surface area contributed by atoms with E-state index in [0.29, 0.717) is 23.8 Å². The highest BCUT2D eigenvalue weighted by atomic mass is 16.5. The van der Waals surface area contributed by atoms with E-state index in [1.54, 1.807) is 21.3 Å². The number of hydrogen-bond acceptors (Lipinski definition) is 4. The van der Waals surface area contributed by atoms with Gasteiger partial charge in [-0.3, -0.25) is 0 Å². The van der Waals surface area contributed by atoms with Crippen LogP contribution in [0.4, 0.5) is 4.79 Å². The molecular weight excluding hydrogens is 370 g/mol. The second-order valence-electron chi connectivity index (χ2n) is 7.14. The molecule has 0 radical (unpaired) electrons. The third kappa shape index (κ3) is 3.99. The first kappa shape index (κ1) is 20.9. The average molecular weight is 402 g/mol. The van der Waals surface area contributed by atoms with Gasteiger partial charge in [0.2, 0.25) is 5.75 Å². The van der Waals surface area contributed by atoms with Crippen LogP contribution in [0.25, 0.3) is 0 Å². The Balaban J connectivity index is 2.06. The molecule has 0 fully saturated rings. The van der Waals surface area contributed by atoms with Crippen LogP contribution in [0.3, 0.4) is 0 Å². The molecule has 158 valence electrons. The average Bonchev–Trinajstić information content (AvgIpc) is 3.24. The van der Waals surface area contributed by atoms with Crippen molar-refractivity contribution in [2.45, 2.75) is 45.3 Å². The van der Waals surface area contributed by atoms with Crippen LogP contribution in [0.2, 0.25) is 0 Å². The highest BCUT2D eigenvalue weighted by Gasteiger charge is 2.34. The summed E-state index contributed by atoms with van der Waals surface area (Å²) < 4.78 is 18.7. The number of nitrogens with one attached hydrogen (secondary N) is 1. The molecule has 0 unspecified atom stereocenters. The molecule has 2 heterocycles. The van der Waals surface area contributed by atoms with E-state index in [2.05, 4.69) is 36.0 Å². The van der Waals surface area contributed by atoms with Crippen LogP contribution in [-0.4, -0.2) is 49.4 Å². The summed E-state index contributed by atoms with van der Waals surface area (Å²) in [6, 6.07) is 7.79. The Morgan fingerprint density at radius 2 is 1.76 bits per heavy atom. The maximum absolute atomic E-state index is 13.2. The lowest BCUT2D eigenvalue weighted by molar-refractivity contribution is 0.164. The topological polar surface area (TPSA) is 65.0 Å². The third-order valence-corrected chi connectivity index (χ3v) is 5.62. The van der Waals surface area contributed by atoms with Crippen molar-refractivity contribution in [1.29, 1.82) is 0 Å². The van der Waals surface area contributed by atoms with E-state index in [1.807, 2.05) is 23.1 Å². The summed E-state index contributed by atoms with van der Waals surface area (Å²) in [5, 5.41) is 3.18. The van der Waals surface area contributed by atoms with Gasteiger partial charge in [0.05, 0.1) is 27.4 Å². The Kier molecular flexibility index (Phi) is 6.56. The third-order valence-electron chi connectivity index (χ3n) is 5.62. The number of hydrogen-bond donors (Lipinski definition) is 1. The molecule has 29 heavy (non-hydrogen) atoms. The lowest BCUT2D eigenvalue weighted by Crippen LogP contribution is -2.49. The van der Waals surface area contributed by atoms with Crippen LogP contribution < -0.4 is 19.5 Å². The van der Waals surface area contributed by atoms with Crippen LogP contribution in [0, 0.1) is 0 Å². The summed E-state index contributed by atoms with van der Waals surface area (Å²) in [5.74, 6) is 1.69. The fourth-order valence-electron chi connectivity index (χ4n) is 3.96. The lowest BCUT2D eigenvalue weighted by Gasteiger charge is -2.38. The van der Waals surface area contributed by atoms with Gasteiger partial charge in [-0.05, 0) is 42.7 Å². The van der Waals surface area contributed by atoms with Gasteiger partial charge in [0.1, 0.15) is 0 Å². The number of fused-ring (bicyclic) bond motifs is 1. The number of ether oxygens (including phenoxy) is 3. The number of benzene rings is 1. The minimum atomic E-state index is -0.248. The number of methoxy groups -OCH3 is 3. The Bertz CT molecular complexity index is 819. The minimum absolute atomic E-state index is 0.0510. The zero-order valence-corrected chi connectivity index (χ0v) is 17.9. The molecule has 1 aromatic carbocycles. The van der Waals surface area contributed by atoms with Crippen molar-refractivity contribution < 1.29 is 19.0 Å². The van der Waals surface area contributed by atoms with Gasteiger partial charge < -0.3 is 29.0 Å². The van der Waals surface area contributed by atoms with Crippen molar-refractivity contribution in [3.63, 3.8) is 0 Å². The van der Waals surface area contributed by atoms with Gasteiger partial charge in [-0.15, -0.1) is 0 Å². The normalized spacial score (nSPS) is 15.8. The van der Waals surface area contributed by atoms with Crippen molar-refractivity contribution in [2.24, 2.45) is 0 Å². The standard InChI is InChI=1S/C22H31N3O4/c1-6-16(7-2)23-22(26)25-12-11-24-10-8-9-17(24)20(25)15-13-18(27-3)21(29-5)19(14-15)28-4/h8-10,13-14,16,20H,6-7,11-12H2,1-5H3,(H,23,26)/t20-/m0/s1. The summed E-state index contributed by atoms with van der Waals surface area (Å²) in [4.78, 5) is 15.1. The number of carbonyl (C=O) groups is 1. The fraction of sp³-hybridized carbons (Fsp3) is 0.500. The predicted octanol–water partition coefficient (Wildman–Crippen LogP) is 3.82. The number of urea groups is 1. The molecule has 7 nitrogen and oxygen atoms in total. The molecule has 7 heteroatoms. The molecule has 1 aliphatic heterocycles. The van der Waals surface area contributed by atoms with E-state index in [-0.39, 0.29) is 18.1 Å². The molecule has 0 aliphatic carbocycles. The summed E-state index contributed by atoms with van der Waals surface area (Å²) in [7, 11) is 4.78. The predicted molar refractivity (Wildman–Crippen MR) is 112 cm³/mol. The number of carbonyl (C=O) groups excluding carboxylic acids is 1. The Hall–Kier alpha value is -2.83. The van der Waals surface area contributed by atoms with Crippen molar-refractivity contribution in [3.8, 4) is 17.2 Å². The zero-order chi connectivity index (χ0) is 21.0. The first-order valence-corrected chi connectivity index (χ1v) is 10.1. The van der Waals surface area contributed by atoms with Gasteiger partial charge in [0, 0.05) is 31.0 Å². The van der Waals surface area contributed by atoms with E-state index < -0.39 is 0 Å². The lowest BCUT2D eigenvalue weighted by atomic mass is 9.99. The van der Waals surface area contributed by atoms with Crippen LogP contribution in [0.15, 0.2) is 30.5 Å². The summed E-state index contributed by atoms with van der Waals surface area (Å²) >= 11 is 0. The monoisotopic (exact) mass is 401 g/mol. The first-order chi connectivity index (χ1) is 14.1. The van der Waals surface area contributed by atoms with Crippen molar-refractivity contribution in [2.75, 3.05) is 27.9 Å². The van der Waals surface area contributed by atoms with Crippen LogP contribution >= 0.6 is 0 Å². The molecule has 0 bridgehead atoms. The maximum Gasteiger partial charge on any atom is 0.318 e. The first-order valence-electron chi connectivity index (χ1n) is 10.1. The van der Waals surface area contributed by atoms with Gasteiger partial charge in [-0.2, -0.15) is 0 Å². The van der Waals surface area contributed by atoms with Gasteiger partial charge in [-0.25, -0.2) is 4.79 Å². The van der Waals surface area contributed by atoms with Crippen molar-refractivity contribution >= 4 is 6.03 Å². The number of aromatic nitrogens is 1. The van der Waals surface area contributed by atoms with E-state index in [0.717, 1.165) is 30.6 Å². The molecule has 0 saturated carbocycles. The number of rotatable bonds is 7. The van der Waals surface area contributed by atoms with Gasteiger partial charge in [-0.1, -0.05) is 13.8 Å². The summed E-state index contributed by atoms with van der Waals surface area (Å²) in [6.07, 6.45) is 3.86. The molecule has 2 aromatic rings. The molecule has 2 amide bonds. The van der Waals surface area contributed by atoms with Gasteiger partial charge >= 0.3 is 6.03 Å². The van der Waals surface area contributed by atoms with Crippen molar-refractivity contribution in [1.82, 2.24) is 14.8 Å². The molecule has 1 atom stereocenters. The van der Waals surface area contributed by atoms with E-state index in [9.17, 15) is 4.79 Å². The fourth-order valence-corrected chi connectivity index (χ4v) is 3.96. The van der Waals surface area contributed by atoms with Crippen LogP contribution in [0.5, 0.6) is 17.2 Å². The minimum Gasteiger partial charge on any atom is -0.493 e. The Labute approximate surface area is 172 Å².